The minimum atomic E-state index is 0.721. The van der Waals surface area contributed by atoms with E-state index in [-0.39, 0.29) is 0 Å². The smallest absolute Gasteiger partial charge is 0.145 e. The van der Waals surface area contributed by atoms with Gasteiger partial charge in [-0.1, -0.05) is 6.92 Å². The molecule has 1 aromatic carbocycles. The van der Waals surface area contributed by atoms with Gasteiger partial charge in [0.2, 0.25) is 0 Å². The molecule has 2 aromatic rings. The minimum absolute atomic E-state index is 0.721. The molecule has 3 rings (SSSR count). The average Bonchev–Trinajstić information content (AvgIpc) is 2.53. The largest absolute Gasteiger partial charge is 0.496 e. The Balaban J connectivity index is 2.14. The molecule has 1 unspecified atom stereocenters. The second-order valence-corrected chi connectivity index (χ2v) is 6.18. The van der Waals surface area contributed by atoms with E-state index in [2.05, 4.69) is 24.8 Å². The molecule has 1 aromatic heterocycles. The second kappa shape index (κ2) is 6.03. The fourth-order valence-corrected chi connectivity index (χ4v) is 3.35. The summed E-state index contributed by atoms with van der Waals surface area (Å²) in [5.74, 6) is 3.41. The number of nitrogens with zero attached hydrogens (tertiary/aromatic N) is 2. The van der Waals surface area contributed by atoms with Crippen molar-refractivity contribution in [2.45, 2.75) is 26.7 Å². The number of piperidine rings is 1. The van der Waals surface area contributed by atoms with Crippen molar-refractivity contribution >= 4 is 16.7 Å². The molecule has 2 heterocycles. The van der Waals surface area contributed by atoms with Gasteiger partial charge in [-0.2, -0.15) is 0 Å². The van der Waals surface area contributed by atoms with E-state index in [9.17, 15) is 0 Å². The van der Waals surface area contributed by atoms with Crippen LogP contribution in [-0.2, 0) is 0 Å². The molecule has 1 aliphatic heterocycles. The number of fused-ring (bicyclic) bond motifs is 1. The van der Waals surface area contributed by atoms with Gasteiger partial charge in [0.25, 0.3) is 0 Å². The van der Waals surface area contributed by atoms with E-state index in [4.69, 9.17) is 14.5 Å². The Morgan fingerprint density at radius 2 is 1.91 bits per heavy atom. The van der Waals surface area contributed by atoms with E-state index < -0.39 is 0 Å². The summed E-state index contributed by atoms with van der Waals surface area (Å²) < 4.78 is 11.0. The van der Waals surface area contributed by atoms with Crippen LogP contribution in [0, 0.1) is 12.8 Å². The average molecular weight is 300 g/mol. The van der Waals surface area contributed by atoms with Crippen molar-refractivity contribution in [1.29, 1.82) is 0 Å². The minimum Gasteiger partial charge on any atom is -0.496 e. The van der Waals surface area contributed by atoms with Crippen molar-refractivity contribution in [2.24, 2.45) is 5.92 Å². The number of methoxy groups -OCH3 is 2. The third-order valence-corrected chi connectivity index (χ3v) is 4.49. The van der Waals surface area contributed by atoms with Gasteiger partial charge in [-0.15, -0.1) is 0 Å². The number of aryl methyl sites for hydroxylation is 1. The monoisotopic (exact) mass is 300 g/mol. The number of hydrogen-bond donors (Lipinski definition) is 0. The van der Waals surface area contributed by atoms with Crippen LogP contribution in [0.15, 0.2) is 18.2 Å². The summed E-state index contributed by atoms with van der Waals surface area (Å²) in [6, 6.07) is 6.04. The Kier molecular flexibility index (Phi) is 4.10. The van der Waals surface area contributed by atoms with Crippen molar-refractivity contribution in [3.05, 3.63) is 23.8 Å². The quantitative estimate of drug-likeness (QED) is 0.863. The fraction of sp³-hybridized carbons (Fsp3) is 0.500. The predicted molar refractivity (Wildman–Crippen MR) is 90.2 cm³/mol. The Morgan fingerprint density at radius 3 is 2.59 bits per heavy atom. The van der Waals surface area contributed by atoms with Crippen LogP contribution in [0.1, 0.15) is 25.3 Å². The van der Waals surface area contributed by atoms with Crippen LogP contribution >= 0.6 is 0 Å². The van der Waals surface area contributed by atoms with Gasteiger partial charge >= 0.3 is 0 Å². The zero-order valence-electron chi connectivity index (χ0n) is 13.8. The third-order valence-electron chi connectivity index (χ3n) is 4.49. The number of anilines is 1. The van der Waals surface area contributed by atoms with Crippen LogP contribution in [0.25, 0.3) is 10.9 Å². The van der Waals surface area contributed by atoms with E-state index >= 15 is 0 Å². The highest BCUT2D eigenvalue weighted by atomic mass is 16.5. The first-order valence-corrected chi connectivity index (χ1v) is 7.91. The maximum atomic E-state index is 5.51. The van der Waals surface area contributed by atoms with Crippen LogP contribution < -0.4 is 14.4 Å². The van der Waals surface area contributed by atoms with E-state index in [0.29, 0.717) is 0 Å². The maximum Gasteiger partial charge on any atom is 0.145 e. The summed E-state index contributed by atoms with van der Waals surface area (Å²) in [5, 5.41) is 1.04. The summed E-state index contributed by atoms with van der Waals surface area (Å²) >= 11 is 0. The lowest BCUT2D eigenvalue weighted by Crippen LogP contribution is -2.34. The molecule has 1 aliphatic rings. The molecule has 0 bridgehead atoms. The highest BCUT2D eigenvalue weighted by Crippen LogP contribution is 2.36. The molecule has 118 valence electrons. The second-order valence-electron chi connectivity index (χ2n) is 6.18. The lowest BCUT2D eigenvalue weighted by Gasteiger charge is -2.32. The molecule has 0 saturated carbocycles. The standard InChI is InChI=1S/C18H24N2O2/c1-12-6-5-9-20(11-12)16-10-13(2)17-14(21-3)7-8-15(22-4)18(17)19-16/h7-8,10,12H,5-6,9,11H2,1-4H3. The molecule has 0 amide bonds. The van der Waals surface area contributed by atoms with Crippen molar-refractivity contribution in [2.75, 3.05) is 32.2 Å². The number of benzene rings is 1. The molecule has 0 spiro atoms. The number of pyridine rings is 1. The summed E-state index contributed by atoms with van der Waals surface area (Å²) in [6.45, 7) is 6.57. The molecule has 0 aliphatic carbocycles. The van der Waals surface area contributed by atoms with Crippen LogP contribution in [0.3, 0.4) is 0 Å². The molecule has 0 radical (unpaired) electrons. The Labute approximate surface area is 132 Å². The van der Waals surface area contributed by atoms with Gasteiger partial charge < -0.3 is 14.4 Å². The van der Waals surface area contributed by atoms with E-state index in [0.717, 1.165) is 47.2 Å². The lowest BCUT2D eigenvalue weighted by atomic mass is 10.00. The molecule has 1 atom stereocenters. The molecular weight excluding hydrogens is 276 g/mol. The van der Waals surface area contributed by atoms with Crippen molar-refractivity contribution < 1.29 is 9.47 Å². The zero-order chi connectivity index (χ0) is 15.7. The molecule has 0 N–H and O–H groups in total. The first-order valence-electron chi connectivity index (χ1n) is 7.91. The SMILES string of the molecule is COc1ccc(OC)c2c(C)cc(N3CCCC(C)C3)nc12. The van der Waals surface area contributed by atoms with Gasteiger partial charge in [0.1, 0.15) is 22.8 Å². The van der Waals surface area contributed by atoms with Crippen molar-refractivity contribution in [3.63, 3.8) is 0 Å². The molecule has 1 saturated heterocycles. The first-order chi connectivity index (χ1) is 10.6. The topological polar surface area (TPSA) is 34.6 Å². The van der Waals surface area contributed by atoms with Gasteiger partial charge in [0.05, 0.1) is 14.2 Å². The Morgan fingerprint density at radius 1 is 1.18 bits per heavy atom. The van der Waals surface area contributed by atoms with Crippen molar-refractivity contribution in [1.82, 2.24) is 4.98 Å². The van der Waals surface area contributed by atoms with Gasteiger partial charge in [-0.05, 0) is 49.4 Å². The van der Waals surface area contributed by atoms with Gasteiger partial charge in [-0.3, -0.25) is 0 Å². The van der Waals surface area contributed by atoms with Crippen molar-refractivity contribution in [3.8, 4) is 11.5 Å². The zero-order valence-corrected chi connectivity index (χ0v) is 13.8. The van der Waals surface area contributed by atoms with Gasteiger partial charge in [-0.25, -0.2) is 4.98 Å². The molecular formula is C18H24N2O2. The van der Waals surface area contributed by atoms with Gasteiger partial charge in [0, 0.05) is 18.5 Å². The number of ether oxygens (including phenoxy) is 2. The van der Waals surface area contributed by atoms with E-state index in [1.54, 1.807) is 14.2 Å². The number of hydrogen-bond acceptors (Lipinski definition) is 4. The molecule has 1 fully saturated rings. The predicted octanol–water partition coefficient (Wildman–Crippen LogP) is 3.80. The number of rotatable bonds is 3. The van der Waals surface area contributed by atoms with Crippen LogP contribution in [0.4, 0.5) is 5.82 Å². The lowest BCUT2D eigenvalue weighted by molar-refractivity contribution is 0.409. The van der Waals surface area contributed by atoms with Crippen LogP contribution in [-0.4, -0.2) is 32.3 Å². The van der Waals surface area contributed by atoms with Crippen LogP contribution in [0.2, 0.25) is 0 Å². The first kappa shape index (κ1) is 14.9. The summed E-state index contributed by atoms with van der Waals surface area (Å²) in [4.78, 5) is 7.28. The number of aromatic nitrogens is 1. The third kappa shape index (κ3) is 2.58. The summed E-state index contributed by atoms with van der Waals surface area (Å²) in [5.41, 5.74) is 2.06. The molecule has 22 heavy (non-hydrogen) atoms. The highest BCUT2D eigenvalue weighted by Gasteiger charge is 2.20. The van der Waals surface area contributed by atoms with Gasteiger partial charge in [0.15, 0.2) is 0 Å². The highest BCUT2D eigenvalue weighted by molar-refractivity contribution is 5.94. The molecule has 4 heteroatoms. The Hall–Kier alpha value is -1.97. The maximum absolute atomic E-state index is 5.51. The van der Waals surface area contributed by atoms with E-state index in [1.807, 2.05) is 12.1 Å². The fourth-order valence-electron chi connectivity index (χ4n) is 3.35. The Bertz CT molecular complexity index is 684. The summed E-state index contributed by atoms with van der Waals surface area (Å²) in [6.07, 6.45) is 2.54. The molecule has 4 nitrogen and oxygen atoms in total. The van der Waals surface area contributed by atoms with E-state index in [1.165, 1.54) is 18.4 Å². The van der Waals surface area contributed by atoms with Crippen LogP contribution in [0.5, 0.6) is 11.5 Å². The summed E-state index contributed by atoms with van der Waals surface area (Å²) in [7, 11) is 3.38. The normalized spacial score (nSPS) is 18.5.